The lowest BCUT2D eigenvalue weighted by Gasteiger charge is -2.17. The van der Waals surface area contributed by atoms with Crippen LogP contribution in [-0.4, -0.2) is 34.1 Å². The molecule has 1 unspecified atom stereocenters. The molecule has 0 aliphatic carbocycles. The van der Waals surface area contributed by atoms with E-state index < -0.39 is 35.6 Å². The lowest BCUT2D eigenvalue weighted by Crippen LogP contribution is -2.38. The summed E-state index contributed by atoms with van der Waals surface area (Å²) < 4.78 is 38.7. The van der Waals surface area contributed by atoms with Gasteiger partial charge in [0.2, 0.25) is 5.91 Å². The highest BCUT2D eigenvalue weighted by atomic mass is 19.4. The van der Waals surface area contributed by atoms with Crippen LogP contribution in [0.1, 0.15) is 30.4 Å². The van der Waals surface area contributed by atoms with E-state index in [-0.39, 0.29) is 25.7 Å². The molecule has 0 aromatic heterocycles. The second-order valence-corrected chi connectivity index (χ2v) is 6.74. The Bertz CT molecular complexity index is 910. The minimum absolute atomic E-state index is 0.175. The number of alkyl halides is 3. The molecular weight excluding hydrogens is 403 g/mol. The van der Waals surface area contributed by atoms with Crippen molar-refractivity contribution in [2.45, 2.75) is 37.9 Å². The summed E-state index contributed by atoms with van der Waals surface area (Å²) >= 11 is 0. The third-order valence-corrected chi connectivity index (χ3v) is 4.31. The van der Waals surface area contributed by atoms with Gasteiger partial charge in [0.05, 0.1) is 18.4 Å². The van der Waals surface area contributed by atoms with Crippen LogP contribution in [0, 0.1) is 0 Å². The van der Waals surface area contributed by atoms with Gasteiger partial charge in [-0.05, 0) is 35.2 Å². The van der Waals surface area contributed by atoms with Crippen molar-refractivity contribution in [2.24, 2.45) is 0 Å². The van der Waals surface area contributed by atoms with Crippen LogP contribution >= 0.6 is 0 Å². The predicted molar refractivity (Wildman–Crippen MR) is 102 cm³/mol. The second-order valence-electron chi connectivity index (χ2n) is 6.74. The SMILES string of the molecule is O=C(O)CCC(=O)NC(CC(=O)O)Cc1ccc(-c2cccc(C(F)(F)F)c2)cc1. The average Bonchev–Trinajstić information content (AvgIpc) is 2.66. The lowest BCUT2D eigenvalue weighted by atomic mass is 9.98. The van der Waals surface area contributed by atoms with Crippen LogP contribution in [0.4, 0.5) is 13.2 Å². The molecule has 0 spiro atoms. The van der Waals surface area contributed by atoms with Crippen LogP contribution in [-0.2, 0) is 27.0 Å². The van der Waals surface area contributed by atoms with Crippen molar-refractivity contribution in [3.05, 3.63) is 59.7 Å². The lowest BCUT2D eigenvalue weighted by molar-refractivity contribution is -0.140. The van der Waals surface area contributed by atoms with E-state index >= 15 is 0 Å². The van der Waals surface area contributed by atoms with Gasteiger partial charge in [0.25, 0.3) is 0 Å². The normalized spacial score (nSPS) is 12.2. The Balaban J connectivity index is 2.10. The van der Waals surface area contributed by atoms with Crippen molar-refractivity contribution in [1.29, 1.82) is 0 Å². The molecule has 0 bridgehead atoms. The number of hydrogen-bond donors (Lipinski definition) is 3. The Morgan fingerprint density at radius 1 is 0.900 bits per heavy atom. The van der Waals surface area contributed by atoms with E-state index in [0.717, 1.165) is 12.1 Å². The summed E-state index contributed by atoms with van der Waals surface area (Å²) in [5.74, 6) is -2.83. The van der Waals surface area contributed by atoms with Crippen LogP contribution in [0.3, 0.4) is 0 Å². The fraction of sp³-hybridized carbons (Fsp3) is 0.286. The first-order chi connectivity index (χ1) is 14.0. The predicted octanol–water partition coefficient (Wildman–Crippen LogP) is 3.74. The molecule has 0 saturated carbocycles. The smallest absolute Gasteiger partial charge is 0.416 e. The van der Waals surface area contributed by atoms with Gasteiger partial charge in [0.1, 0.15) is 0 Å². The Morgan fingerprint density at radius 2 is 1.57 bits per heavy atom. The monoisotopic (exact) mass is 423 g/mol. The maximum Gasteiger partial charge on any atom is 0.416 e. The zero-order chi connectivity index (χ0) is 22.3. The number of carboxylic acid groups (broad SMARTS) is 2. The number of carboxylic acids is 2. The van der Waals surface area contributed by atoms with Crippen LogP contribution < -0.4 is 5.32 Å². The number of carbonyl (C=O) groups is 3. The fourth-order valence-electron chi connectivity index (χ4n) is 2.90. The van der Waals surface area contributed by atoms with E-state index in [0.29, 0.717) is 16.7 Å². The number of aliphatic carboxylic acids is 2. The summed E-state index contributed by atoms with van der Waals surface area (Å²) in [4.78, 5) is 33.4. The summed E-state index contributed by atoms with van der Waals surface area (Å²) in [5, 5.41) is 20.2. The number of rotatable bonds is 9. The molecule has 0 heterocycles. The number of carbonyl (C=O) groups excluding carboxylic acids is 1. The maximum atomic E-state index is 12.9. The number of benzene rings is 2. The molecule has 30 heavy (non-hydrogen) atoms. The summed E-state index contributed by atoms with van der Waals surface area (Å²) in [6, 6.07) is 10.7. The first kappa shape index (κ1) is 22.9. The molecule has 0 fully saturated rings. The molecule has 6 nitrogen and oxygen atoms in total. The third kappa shape index (κ3) is 7.23. The Hall–Kier alpha value is -3.36. The van der Waals surface area contributed by atoms with Crippen LogP contribution in [0.25, 0.3) is 11.1 Å². The topological polar surface area (TPSA) is 104 Å². The minimum atomic E-state index is -4.45. The zero-order valence-corrected chi connectivity index (χ0v) is 15.8. The minimum Gasteiger partial charge on any atom is -0.481 e. The third-order valence-electron chi connectivity index (χ3n) is 4.31. The molecule has 2 rings (SSSR count). The molecule has 0 aliphatic rings. The van der Waals surface area contributed by atoms with E-state index in [4.69, 9.17) is 10.2 Å². The summed E-state index contributed by atoms with van der Waals surface area (Å²) in [7, 11) is 0. The average molecular weight is 423 g/mol. The molecule has 3 N–H and O–H groups in total. The summed E-state index contributed by atoms with van der Waals surface area (Å²) in [6.07, 6.45) is -5.25. The van der Waals surface area contributed by atoms with Crippen LogP contribution in [0.15, 0.2) is 48.5 Å². The van der Waals surface area contributed by atoms with Crippen LogP contribution in [0.5, 0.6) is 0 Å². The quantitative estimate of drug-likeness (QED) is 0.570. The number of hydrogen-bond acceptors (Lipinski definition) is 3. The first-order valence-corrected chi connectivity index (χ1v) is 9.04. The van der Waals surface area contributed by atoms with E-state index in [9.17, 15) is 27.6 Å². The van der Waals surface area contributed by atoms with Gasteiger partial charge in [-0.2, -0.15) is 13.2 Å². The van der Waals surface area contributed by atoms with E-state index in [1.807, 2.05) is 0 Å². The summed E-state index contributed by atoms with van der Waals surface area (Å²) in [5.41, 5.74) is 0.871. The highest BCUT2D eigenvalue weighted by molar-refractivity contribution is 5.81. The van der Waals surface area contributed by atoms with Crippen LogP contribution in [0.2, 0.25) is 0 Å². The number of amides is 1. The highest BCUT2D eigenvalue weighted by Crippen LogP contribution is 2.32. The molecule has 1 amide bonds. The van der Waals surface area contributed by atoms with Gasteiger partial charge in [0, 0.05) is 12.5 Å². The molecule has 0 aliphatic heterocycles. The van der Waals surface area contributed by atoms with Gasteiger partial charge in [-0.15, -0.1) is 0 Å². The number of nitrogens with one attached hydrogen (secondary N) is 1. The van der Waals surface area contributed by atoms with Gasteiger partial charge in [-0.1, -0.05) is 36.4 Å². The van der Waals surface area contributed by atoms with Gasteiger partial charge in [-0.3, -0.25) is 14.4 Å². The highest BCUT2D eigenvalue weighted by Gasteiger charge is 2.30. The number of halogens is 3. The fourth-order valence-corrected chi connectivity index (χ4v) is 2.90. The Labute approximate surface area is 170 Å². The largest absolute Gasteiger partial charge is 0.481 e. The molecule has 9 heteroatoms. The molecular formula is C21H20F3NO5. The molecule has 0 saturated heterocycles. The van der Waals surface area contributed by atoms with E-state index in [1.54, 1.807) is 30.3 Å². The van der Waals surface area contributed by atoms with Crippen molar-refractivity contribution in [3.8, 4) is 11.1 Å². The molecule has 1 atom stereocenters. The van der Waals surface area contributed by atoms with Gasteiger partial charge < -0.3 is 15.5 Å². The van der Waals surface area contributed by atoms with E-state index in [1.165, 1.54) is 6.07 Å². The Morgan fingerprint density at radius 3 is 2.13 bits per heavy atom. The van der Waals surface area contributed by atoms with Gasteiger partial charge in [0.15, 0.2) is 0 Å². The van der Waals surface area contributed by atoms with E-state index in [2.05, 4.69) is 5.32 Å². The van der Waals surface area contributed by atoms with Crippen molar-refractivity contribution in [2.75, 3.05) is 0 Å². The molecule has 160 valence electrons. The molecule has 0 radical (unpaired) electrons. The first-order valence-electron chi connectivity index (χ1n) is 9.04. The molecule has 2 aromatic rings. The van der Waals surface area contributed by atoms with Crippen molar-refractivity contribution in [1.82, 2.24) is 5.32 Å². The van der Waals surface area contributed by atoms with Crippen molar-refractivity contribution >= 4 is 17.8 Å². The van der Waals surface area contributed by atoms with Crippen molar-refractivity contribution < 1.29 is 37.8 Å². The zero-order valence-electron chi connectivity index (χ0n) is 15.8. The van der Waals surface area contributed by atoms with Gasteiger partial charge in [-0.25, -0.2) is 0 Å². The standard InChI is InChI=1S/C21H20F3NO5/c22-21(23,24)16-3-1-2-15(11-16)14-6-4-13(5-7-14)10-17(12-20(29)30)25-18(26)8-9-19(27)28/h1-7,11,17H,8-10,12H2,(H,25,26)(H,27,28)(H,29,30). The second kappa shape index (κ2) is 9.91. The molecule has 2 aromatic carbocycles. The van der Waals surface area contributed by atoms with Crippen molar-refractivity contribution in [3.63, 3.8) is 0 Å². The summed E-state index contributed by atoms with van der Waals surface area (Å²) in [6.45, 7) is 0. The van der Waals surface area contributed by atoms with Gasteiger partial charge >= 0.3 is 18.1 Å². The Kier molecular flexibility index (Phi) is 7.57. The maximum absolute atomic E-state index is 12.9.